The summed E-state index contributed by atoms with van der Waals surface area (Å²) in [6, 6.07) is 0.608. The van der Waals surface area contributed by atoms with Crippen LogP contribution in [0.3, 0.4) is 0 Å². The summed E-state index contributed by atoms with van der Waals surface area (Å²) in [5, 5.41) is 4.48. The second-order valence-electron chi connectivity index (χ2n) is 6.22. The van der Waals surface area contributed by atoms with Gasteiger partial charge in [0.05, 0.1) is 0 Å². The quantitative estimate of drug-likeness (QED) is 0.733. The maximum atomic E-state index is 11.3. The number of hydrogen-bond donors (Lipinski definition) is 1. The van der Waals surface area contributed by atoms with Crippen LogP contribution in [0.1, 0.15) is 32.6 Å². The molecule has 2 bridgehead atoms. The van der Waals surface area contributed by atoms with E-state index in [1.807, 2.05) is 4.90 Å². The number of rotatable bonds is 1. The number of hydrogen-bond acceptors (Lipinski definition) is 2. The van der Waals surface area contributed by atoms with Gasteiger partial charge in [-0.3, -0.25) is 4.79 Å². The van der Waals surface area contributed by atoms with Crippen molar-refractivity contribution >= 4 is 23.2 Å². The highest BCUT2D eigenvalue weighted by Gasteiger charge is 2.40. The lowest BCUT2D eigenvalue weighted by Gasteiger charge is -2.37. The van der Waals surface area contributed by atoms with Gasteiger partial charge in [-0.1, -0.05) is 6.42 Å². The van der Waals surface area contributed by atoms with Gasteiger partial charge in [0.25, 0.3) is 0 Å². The molecule has 1 amide bonds. The predicted octanol–water partition coefficient (Wildman–Crippen LogP) is 1.21. The first-order chi connectivity index (χ1) is 9.13. The average Bonchev–Trinajstić information content (AvgIpc) is 3.01. The molecular formula is C14H23N3OS. The van der Waals surface area contributed by atoms with E-state index in [4.69, 9.17) is 12.2 Å². The fourth-order valence-electron chi connectivity index (χ4n) is 3.90. The number of amides is 1. The van der Waals surface area contributed by atoms with Crippen molar-refractivity contribution in [3.63, 3.8) is 0 Å². The Morgan fingerprint density at radius 1 is 1.11 bits per heavy atom. The molecule has 3 fully saturated rings. The minimum absolute atomic E-state index is 0.173. The molecule has 2 aliphatic carbocycles. The molecule has 0 spiro atoms. The topological polar surface area (TPSA) is 35.6 Å². The zero-order chi connectivity index (χ0) is 13.4. The fourth-order valence-corrected chi connectivity index (χ4v) is 4.23. The van der Waals surface area contributed by atoms with Gasteiger partial charge in [-0.05, 0) is 43.3 Å². The standard InChI is InChI=1S/C14H23N3OS/c1-10(18)16-4-6-17(7-5-16)14(19)15-13-9-11-2-3-12(13)8-11/h11-13H,2-9H2,1H3,(H,15,19)/t11-,12-,13+/m1/s1. The van der Waals surface area contributed by atoms with Crippen LogP contribution in [0.2, 0.25) is 0 Å². The van der Waals surface area contributed by atoms with Crippen molar-refractivity contribution in [1.29, 1.82) is 0 Å². The second kappa shape index (κ2) is 5.27. The maximum absolute atomic E-state index is 11.3. The van der Waals surface area contributed by atoms with Crippen LogP contribution in [0.25, 0.3) is 0 Å². The molecule has 1 saturated heterocycles. The van der Waals surface area contributed by atoms with E-state index in [9.17, 15) is 4.79 Å². The molecule has 3 rings (SSSR count). The second-order valence-corrected chi connectivity index (χ2v) is 6.61. The smallest absolute Gasteiger partial charge is 0.219 e. The molecule has 19 heavy (non-hydrogen) atoms. The maximum Gasteiger partial charge on any atom is 0.219 e. The monoisotopic (exact) mass is 281 g/mol. The van der Waals surface area contributed by atoms with Crippen molar-refractivity contribution in [2.24, 2.45) is 11.8 Å². The molecule has 4 nitrogen and oxygen atoms in total. The highest BCUT2D eigenvalue weighted by molar-refractivity contribution is 7.80. The zero-order valence-corrected chi connectivity index (χ0v) is 12.4. The van der Waals surface area contributed by atoms with E-state index in [-0.39, 0.29) is 5.91 Å². The molecule has 3 atom stereocenters. The van der Waals surface area contributed by atoms with Crippen molar-refractivity contribution < 1.29 is 4.79 Å². The van der Waals surface area contributed by atoms with Gasteiger partial charge < -0.3 is 15.1 Å². The number of fused-ring (bicyclic) bond motifs is 2. The number of carbonyl (C=O) groups is 1. The van der Waals surface area contributed by atoms with Crippen LogP contribution in [-0.4, -0.2) is 53.0 Å². The Hall–Kier alpha value is -0.840. The van der Waals surface area contributed by atoms with Crippen molar-refractivity contribution in [3.05, 3.63) is 0 Å². The van der Waals surface area contributed by atoms with Crippen molar-refractivity contribution in [3.8, 4) is 0 Å². The Bertz CT molecular complexity index is 379. The van der Waals surface area contributed by atoms with Gasteiger partial charge in [-0.15, -0.1) is 0 Å². The van der Waals surface area contributed by atoms with E-state index < -0.39 is 0 Å². The van der Waals surface area contributed by atoms with E-state index in [2.05, 4.69) is 10.2 Å². The van der Waals surface area contributed by atoms with Crippen molar-refractivity contribution in [2.45, 2.75) is 38.6 Å². The molecule has 1 heterocycles. The molecule has 0 aromatic rings. The highest BCUT2D eigenvalue weighted by atomic mass is 32.1. The lowest BCUT2D eigenvalue weighted by Crippen LogP contribution is -2.54. The van der Waals surface area contributed by atoms with Gasteiger partial charge in [0, 0.05) is 39.1 Å². The normalized spacial score (nSPS) is 33.6. The Balaban J connectivity index is 1.48. The van der Waals surface area contributed by atoms with E-state index in [0.717, 1.165) is 43.1 Å². The fraction of sp³-hybridized carbons (Fsp3) is 0.857. The first-order valence-corrected chi connectivity index (χ1v) is 7.85. The van der Waals surface area contributed by atoms with Crippen LogP contribution in [0.5, 0.6) is 0 Å². The molecule has 5 heteroatoms. The first kappa shape index (κ1) is 13.2. The lowest BCUT2D eigenvalue weighted by molar-refractivity contribution is -0.130. The molecule has 1 aliphatic heterocycles. The van der Waals surface area contributed by atoms with Gasteiger partial charge >= 0.3 is 0 Å². The molecule has 106 valence electrons. The van der Waals surface area contributed by atoms with E-state index in [1.54, 1.807) is 6.92 Å². The number of nitrogens with zero attached hydrogens (tertiary/aromatic N) is 2. The molecule has 1 N–H and O–H groups in total. The van der Waals surface area contributed by atoms with Crippen LogP contribution in [0.4, 0.5) is 0 Å². The predicted molar refractivity (Wildman–Crippen MR) is 78.8 cm³/mol. The third kappa shape index (κ3) is 2.71. The molecular weight excluding hydrogens is 258 g/mol. The van der Waals surface area contributed by atoms with Crippen molar-refractivity contribution in [2.75, 3.05) is 26.2 Å². The summed E-state index contributed by atoms with van der Waals surface area (Å²) in [6.45, 7) is 4.97. The van der Waals surface area contributed by atoms with Crippen LogP contribution in [0, 0.1) is 11.8 Å². The summed E-state index contributed by atoms with van der Waals surface area (Å²) >= 11 is 5.54. The molecule has 0 aromatic carbocycles. The van der Waals surface area contributed by atoms with Crippen LogP contribution < -0.4 is 5.32 Å². The number of carbonyl (C=O) groups excluding carboxylic acids is 1. The number of nitrogens with one attached hydrogen (secondary N) is 1. The zero-order valence-electron chi connectivity index (χ0n) is 11.6. The molecule has 3 aliphatic rings. The van der Waals surface area contributed by atoms with Crippen LogP contribution in [-0.2, 0) is 4.79 Å². The third-order valence-electron chi connectivity index (χ3n) is 5.06. The van der Waals surface area contributed by atoms with E-state index >= 15 is 0 Å². The Morgan fingerprint density at radius 3 is 2.32 bits per heavy atom. The largest absolute Gasteiger partial charge is 0.360 e. The Labute approximate surface area is 120 Å². The summed E-state index contributed by atoms with van der Waals surface area (Å²) in [6.07, 6.45) is 5.51. The Morgan fingerprint density at radius 2 is 1.79 bits per heavy atom. The number of piperazine rings is 1. The van der Waals surface area contributed by atoms with Gasteiger partial charge in [-0.2, -0.15) is 0 Å². The van der Waals surface area contributed by atoms with Gasteiger partial charge in [0.1, 0.15) is 0 Å². The van der Waals surface area contributed by atoms with Crippen LogP contribution >= 0.6 is 12.2 Å². The minimum atomic E-state index is 0.173. The molecule has 2 saturated carbocycles. The SMILES string of the molecule is CC(=O)N1CCN(C(=S)N[C@H]2C[C@@H]3CC[C@@H]2C3)CC1. The summed E-state index contributed by atoms with van der Waals surface area (Å²) < 4.78 is 0. The lowest BCUT2D eigenvalue weighted by atomic mass is 9.95. The highest BCUT2D eigenvalue weighted by Crippen LogP contribution is 2.44. The van der Waals surface area contributed by atoms with Crippen LogP contribution in [0.15, 0.2) is 0 Å². The van der Waals surface area contributed by atoms with Gasteiger partial charge in [0.2, 0.25) is 5.91 Å². The Kier molecular flexibility index (Phi) is 3.65. The molecule has 0 radical (unpaired) electrons. The molecule has 0 aromatic heterocycles. The average molecular weight is 281 g/mol. The number of thiocarbonyl (C=S) groups is 1. The first-order valence-electron chi connectivity index (χ1n) is 7.44. The summed E-state index contributed by atoms with van der Waals surface area (Å²) in [5.74, 6) is 1.97. The van der Waals surface area contributed by atoms with Gasteiger partial charge in [0.15, 0.2) is 5.11 Å². The van der Waals surface area contributed by atoms with E-state index in [1.165, 1.54) is 25.7 Å². The minimum Gasteiger partial charge on any atom is -0.360 e. The van der Waals surface area contributed by atoms with Crippen molar-refractivity contribution in [1.82, 2.24) is 15.1 Å². The van der Waals surface area contributed by atoms with Gasteiger partial charge in [-0.25, -0.2) is 0 Å². The molecule has 0 unspecified atom stereocenters. The third-order valence-corrected chi connectivity index (χ3v) is 5.44. The van der Waals surface area contributed by atoms with E-state index in [0.29, 0.717) is 6.04 Å². The summed E-state index contributed by atoms with van der Waals surface area (Å²) in [5.41, 5.74) is 0. The summed E-state index contributed by atoms with van der Waals surface area (Å²) in [4.78, 5) is 15.4. The summed E-state index contributed by atoms with van der Waals surface area (Å²) in [7, 11) is 0.